The first-order valence-electron chi connectivity index (χ1n) is 8.59. The van der Waals surface area contributed by atoms with Gasteiger partial charge < -0.3 is 4.90 Å². The number of rotatable bonds is 2. The van der Waals surface area contributed by atoms with Gasteiger partial charge in [0.25, 0.3) is 5.56 Å². The Kier molecular flexibility index (Phi) is 3.95. The van der Waals surface area contributed by atoms with Crippen molar-refractivity contribution in [3.05, 3.63) is 80.5 Å². The summed E-state index contributed by atoms with van der Waals surface area (Å²) in [5.41, 5.74) is 2.08. The van der Waals surface area contributed by atoms with E-state index < -0.39 is 5.69 Å². The molecule has 132 valence electrons. The first-order valence-corrected chi connectivity index (χ1v) is 8.59. The van der Waals surface area contributed by atoms with E-state index in [1.807, 2.05) is 18.2 Å². The van der Waals surface area contributed by atoms with Crippen molar-refractivity contribution in [1.82, 2.24) is 14.0 Å². The fourth-order valence-electron chi connectivity index (χ4n) is 3.54. The van der Waals surface area contributed by atoms with E-state index in [4.69, 9.17) is 0 Å². The lowest BCUT2D eigenvalue weighted by molar-refractivity contribution is -0.132. The number of carbonyl (C=O) groups is 1. The summed E-state index contributed by atoms with van der Waals surface area (Å²) in [4.78, 5) is 39.5. The highest BCUT2D eigenvalue weighted by molar-refractivity contribution is 5.81. The van der Waals surface area contributed by atoms with Gasteiger partial charge in [-0.2, -0.15) is 0 Å². The zero-order valence-corrected chi connectivity index (χ0v) is 14.5. The summed E-state index contributed by atoms with van der Waals surface area (Å²) in [6.07, 6.45) is 0.810. The lowest BCUT2D eigenvalue weighted by atomic mass is 10.00. The summed E-state index contributed by atoms with van der Waals surface area (Å²) in [7, 11) is 1.44. The number of amides is 1. The number of hydrogen-bond donors (Lipinski definition) is 0. The van der Waals surface area contributed by atoms with Gasteiger partial charge in [-0.05, 0) is 29.7 Å². The molecule has 4 rings (SSSR count). The van der Waals surface area contributed by atoms with Crippen LogP contribution in [0.5, 0.6) is 0 Å². The Hall–Kier alpha value is -3.15. The molecule has 0 aliphatic carbocycles. The van der Waals surface area contributed by atoms with E-state index in [9.17, 15) is 14.4 Å². The van der Waals surface area contributed by atoms with Gasteiger partial charge in [0.1, 0.15) is 6.54 Å². The zero-order valence-electron chi connectivity index (χ0n) is 14.5. The fraction of sp³-hybridized carbons (Fsp3) is 0.250. The van der Waals surface area contributed by atoms with Crippen molar-refractivity contribution < 1.29 is 4.79 Å². The molecule has 0 saturated heterocycles. The van der Waals surface area contributed by atoms with Crippen LogP contribution in [0.3, 0.4) is 0 Å². The Morgan fingerprint density at radius 3 is 2.50 bits per heavy atom. The van der Waals surface area contributed by atoms with Crippen LogP contribution < -0.4 is 11.2 Å². The van der Waals surface area contributed by atoms with Gasteiger partial charge in [-0.15, -0.1) is 0 Å². The monoisotopic (exact) mass is 349 g/mol. The predicted molar refractivity (Wildman–Crippen MR) is 99.0 cm³/mol. The molecular formula is C20H19N3O3. The quantitative estimate of drug-likeness (QED) is 0.700. The van der Waals surface area contributed by atoms with Crippen molar-refractivity contribution in [2.24, 2.45) is 7.05 Å². The van der Waals surface area contributed by atoms with Crippen molar-refractivity contribution in [2.45, 2.75) is 19.5 Å². The molecule has 0 fully saturated rings. The van der Waals surface area contributed by atoms with Crippen LogP contribution in [-0.4, -0.2) is 26.5 Å². The van der Waals surface area contributed by atoms with E-state index in [0.29, 0.717) is 24.0 Å². The highest BCUT2D eigenvalue weighted by atomic mass is 16.2. The Bertz CT molecular complexity index is 1130. The predicted octanol–water partition coefficient (Wildman–Crippen LogP) is 1.29. The topological polar surface area (TPSA) is 64.3 Å². The van der Waals surface area contributed by atoms with Crippen molar-refractivity contribution >= 4 is 16.8 Å². The van der Waals surface area contributed by atoms with Crippen LogP contribution in [0.4, 0.5) is 0 Å². The molecule has 2 heterocycles. The number of carbonyl (C=O) groups excluding carboxylic acids is 1. The Morgan fingerprint density at radius 2 is 1.69 bits per heavy atom. The maximum absolute atomic E-state index is 12.8. The molecule has 1 amide bonds. The third-order valence-corrected chi connectivity index (χ3v) is 5.02. The maximum Gasteiger partial charge on any atom is 0.331 e. The van der Waals surface area contributed by atoms with E-state index in [1.54, 1.807) is 29.2 Å². The number of hydrogen-bond acceptors (Lipinski definition) is 3. The summed E-state index contributed by atoms with van der Waals surface area (Å²) in [5, 5.41) is 0.436. The molecular weight excluding hydrogens is 330 g/mol. The number of fused-ring (bicyclic) bond motifs is 2. The summed E-state index contributed by atoms with van der Waals surface area (Å²) in [5.74, 6) is -0.120. The number of para-hydroxylation sites is 1. The van der Waals surface area contributed by atoms with Crippen LogP contribution in [0.15, 0.2) is 58.1 Å². The lowest BCUT2D eigenvalue weighted by Gasteiger charge is -2.29. The zero-order chi connectivity index (χ0) is 18.3. The molecule has 0 radical (unpaired) electrons. The Balaban J connectivity index is 1.69. The van der Waals surface area contributed by atoms with E-state index >= 15 is 0 Å². The molecule has 1 aliphatic rings. The molecule has 2 aromatic carbocycles. The minimum absolute atomic E-state index is 0.0738. The highest BCUT2D eigenvalue weighted by Crippen LogP contribution is 2.19. The largest absolute Gasteiger partial charge is 0.336 e. The molecule has 26 heavy (non-hydrogen) atoms. The van der Waals surface area contributed by atoms with Crippen molar-refractivity contribution in [3.63, 3.8) is 0 Å². The molecule has 0 N–H and O–H groups in total. The van der Waals surface area contributed by atoms with Gasteiger partial charge in [0, 0.05) is 20.1 Å². The van der Waals surface area contributed by atoms with Gasteiger partial charge in [-0.1, -0.05) is 36.4 Å². The minimum Gasteiger partial charge on any atom is -0.336 e. The molecule has 6 heteroatoms. The van der Waals surface area contributed by atoms with Gasteiger partial charge in [0.15, 0.2) is 0 Å². The summed E-state index contributed by atoms with van der Waals surface area (Å²) in [6.45, 7) is 1.11. The average Bonchev–Trinajstić information content (AvgIpc) is 2.69. The second-order valence-electron chi connectivity index (χ2n) is 6.58. The first kappa shape index (κ1) is 16.3. The molecule has 6 nitrogen and oxygen atoms in total. The molecule has 0 unspecified atom stereocenters. The first-order chi connectivity index (χ1) is 12.6. The average molecular weight is 349 g/mol. The van der Waals surface area contributed by atoms with Gasteiger partial charge >= 0.3 is 5.69 Å². The van der Waals surface area contributed by atoms with Crippen molar-refractivity contribution in [1.29, 1.82) is 0 Å². The molecule has 1 aromatic heterocycles. The minimum atomic E-state index is -0.473. The molecule has 3 aromatic rings. The van der Waals surface area contributed by atoms with Crippen molar-refractivity contribution in [2.75, 3.05) is 6.54 Å². The van der Waals surface area contributed by atoms with Crippen LogP contribution in [0, 0.1) is 0 Å². The van der Waals surface area contributed by atoms with Gasteiger partial charge in [-0.25, -0.2) is 4.79 Å². The summed E-state index contributed by atoms with van der Waals surface area (Å²) < 4.78 is 2.45. The number of benzene rings is 2. The van der Waals surface area contributed by atoms with Crippen LogP contribution >= 0.6 is 0 Å². The molecule has 0 bridgehead atoms. The third kappa shape index (κ3) is 2.63. The second kappa shape index (κ2) is 6.29. The molecule has 0 spiro atoms. The summed E-state index contributed by atoms with van der Waals surface area (Å²) >= 11 is 0. The number of nitrogens with zero attached hydrogens (tertiary/aromatic N) is 3. The standard InChI is InChI=1S/C20H19N3O3/c1-21-19(25)16-8-4-5-9-17(16)23(20(21)26)13-18(24)22-11-10-14-6-2-3-7-15(14)12-22/h2-9H,10-13H2,1H3. The number of aromatic nitrogens is 2. The third-order valence-electron chi connectivity index (χ3n) is 5.02. The van der Waals surface area contributed by atoms with E-state index in [0.717, 1.165) is 16.6 Å². The fourth-order valence-corrected chi connectivity index (χ4v) is 3.54. The second-order valence-corrected chi connectivity index (χ2v) is 6.58. The van der Waals surface area contributed by atoms with Crippen LogP contribution in [0.2, 0.25) is 0 Å². The molecule has 0 saturated carbocycles. The Morgan fingerprint density at radius 1 is 1.00 bits per heavy atom. The van der Waals surface area contributed by atoms with Gasteiger partial charge in [0.05, 0.1) is 10.9 Å². The maximum atomic E-state index is 12.8. The normalized spacial score (nSPS) is 13.7. The van der Waals surface area contributed by atoms with Gasteiger partial charge in [0.2, 0.25) is 5.91 Å². The smallest absolute Gasteiger partial charge is 0.331 e. The van der Waals surface area contributed by atoms with Crippen molar-refractivity contribution in [3.8, 4) is 0 Å². The van der Waals surface area contributed by atoms with E-state index in [1.165, 1.54) is 17.2 Å². The van der Waals surface area contributed by atoms with Crippen LogP contribution in [-0.2, 0) is 31.4 Å². The van der Waals surface area contributed by atoms with E-state index in [2.05, 4.69) is 6.07 Å². The van der Waals surface area contributed by atoms with Crippen LogP contribution in [0.25, 0.3) is 10.9 Å². The van der Waals surface area contributed by atoms with Crippen LogP contribution in [0.1, 0.15) is 11.1 Å². The molecule has 0 atom stereocenters. The molecule has 1 aliphatic heterocycles. The highest BCUT2D eigenvalue weighted by Gasteiger charge is 2.22. The summed E-state index contributed by atoms with van der Waals surface area (Å²) in [6, 6.07) is 15.0. The Labute approximate surface area is 149 Å². The van der Waals surface area contributed by atoms with Gasteiger partial charge in [-0.3, -0.25) is 18.7 Å². The van der Waals surface area contributed by atoms with E-state index in [-0.39, 0.29) is 18.0 Å². The lowest BCUT2D eigenvalue weighted by Crippen LogP contribution is -2.43. The SMILES string of the molecule is Cn1c(=O)c2ccccc2n(CC(=O)N2CCc3ccccc3C2)c1=O.